The van der Waals surface area contributed by atoms with Crippen LogP contribution in [0.3, 0.4) is 0 Å². The van der Waals surface area contributed by atoms with E-state index in [4.69, 9.17) is 4.42 Å². The number of aromatic amines is 1. The zero-order chi connectivity index (χ0) is 21.2. The van der Waals surface area contributed by atoms with Gasteiger partial charge in [0.15, 0.2) is 11.7 Å². The predicted molar refractivity (Wildman–Crippen MR) is 131 cm³/mol. The van der Waals surface area contributed by atoms with Gasteiger partial charge >= 0.3 is 0 Å². The SMILES string of the molecule is CCNC(=NCCc1nc(-c2ccco2)n[nH]1)NCCc1cccc(C(=O)NC)c1.I. The molecule has 0 aliphatic carbocycles. The van der Waals surface area contributed by atoms with Gasteiger partial charge in [0, 0.05) is 38.7 Å². The number of benzene rings is 1. The normalized spacial score (nSPS) is 11.0. The van der Waals surface area contributed by atoms with Gasteiger partial charge in [-0.3, -0.25) is 14.9 Å². The number of aliphatic imine (C=N–C) groups is 1. The molecule has 0 aliphatic rings. The highest BCUT2D eigenvalue weighted by Crippen LogP contribution is 2.14. The molecule has 166 valence electrons. The average Bonchev–Trinajstić information content (AvgIpc) is 3.45. The zero-order valence-electron chi connectivity index (χ0n) is 17.6. The van der Waals surface area contributed by atoms with E-state index in [-0.39, 0.29) is 29.9 Å². The van der Waals surface area contributed by atoms with Gasteiger partial charge < -0.3 is 20.4 Å². The van der Waals surface area contributed by atoms with E-state index in [1.807, 2.05) is 37.3 Å². The van der Waals surface area contributed by atoms with Crippen LogP contribution >= 0.6 is 24.0 Å². The predicted octanol–water partition coefficient (Wildman–Crippen LogP) is 2.38. The first kappa shape index (κ1) is 24.4. The molecule has 0 aliphatic heterocycles. The van der Waals surface area contributed by atoms with E-state index >= 15 is 0 Å². The number of carbonyl (C=O) groups is 1. The van der Waals surface area contributed by atoms with Crippen molar-refractivity contribution in [1.82, 2.24) is 31.1 Å². The molecule has 0 atom stereocenters. The first-order valence-corrected chi connectivity index (χ1v) is 9.98. The van der Waals surface area contributed by atoms with Crippen LogP contribution in [0.1, 0.15) is 28.7 Å². The Bertz CT molecular complexity index is 970. The van der Waals surface area contributed by atoms with Gasteiger partial charge in [0.05, 0.1) is 6.26 Å². The van der Waals surface area contributed by atoms with Crippen molar-refractivity contribution in [2.75, 3.05) is 26.7 Å². The summed E-state index contributed by atoms with van der Waals surface area (Å²) in [5.41, 5.74) is 1.75. The fourth-order valence-electron chi connectivity index (χ4n) is 2.88. The summed E-state index contributed by atoms with van der Waals surface area (Å²) in [6, 6.07) is 11.3. The lowest BCUT2D eigenvalue weighted by atomic mass is 10.1. The Balaban J connectivity index is 0.00000341. The van der Waals surface area contributed by atoms with Gasteiger partial charge in [0.2, 0.25) is 5.82 Å². The van der Waals surface area contributed by atoms with E-state index in [0.717, 1.165) is 30.3 Å². The third kappa shape index (κ3) is 7.39. The number of hydrogen-bond donors (Lipinski definition) is 4. The van der Waals surface area contributed by atoms with Crippen LogP contribution in [0, 0.1) is 0 Å². The average molecular weight is 537 g/mol. The van der Waals surface area contributed by atoms with Crippen molar-refractivity contribution in [2.45, 2.75) is 19.8 Å². The molecule has 0 spiro atoms. The molecule has 3 rings (SSSR count). The molecule has 9 nitrogen and oxygen atoms in total. The van der Waals surface area contributed by atoms with Gasteiger partial charge in [-0.2, -0.15) is 5.10 Å². The molecule has 3 aromatic rings. The molecule has 2 aromatic heterocycles. The van der Waals surface area contributed by atoms with E-state index in [2.05, 4.69) is 36.1 Å². The number of furan rings is 1. The number of carbonyl (C=O) groups excluding carboxylic acids is 1. The number of H-pyrrole nitrogens is 1. The third-order valence-electron chi connectivity index (χ3n) is 4.36. The molecule has 10 heteroatoms. The third-order valence-corrected chi connectivity index (χ3v) is 4.36. The highest BCUT2D eigenvalue weighted by Gasteiger charge is 2.08. The fraction of sp³-hybridized carbons (Fsp3) is 0.333. The van der Waals surface area contributed by atoms with Crippen molar-refractivity contribution >= 4 is 35.8 Å². The molecule has 0 unspecified atom stereocenters. The van der Waals surface area contributed by atoms with Crippen LogP contribution in [0.15, 0.2) is 52.1 Å². The number of rotatable bonds is 9. The summed E-state index contributed by atoms with van der Waals surface area (Å²) >= 11 is 0. The summed E-state index contributed by atoms with van der Waals surface area (Å²) in [6.07, 6.45) is 3.02. The number of guanidine groups is 1. The number of amides is 1. The van der Waals surface area contributed by atoms with E-state index in [1.165, 1.54) is 0 Å². The Morgan fingerprint density at radius 3 is 2.81 bits per heavy atom. The Labute approximate surface area is 198 Å². The van der Waals surface area contributed by atoms with E-state index in [0.29, 0.717) is 36.7 Å². The maximum absolute atomic E-state index is 11.8. The summed E-state index contributed by atoms with van der Waals surface area (Å²) in [5, 5.41) is 16.3. The largest absolute Gasteiger partial charge is 0.461 e. The minimum Gasteiger partial charge on any atom is -0.461 e. The number of halogens is 1. The van der Waals surface area contributed by atoms with Gasteiger partial charge in [-0.25, -0.2) is 4.98 Å². The van der Waals surface area contributed by atoms with Gasteiger partial charge in [-0.05, 0) is 43.2 Å². The maximum Gasteiger partial charge on any atom is 0.251 e. The van der Waals surface area contributed by atoms with Crippen LogP contribution < -0.4 is 16.0 Å². The summed E-state index contributed by atoms with van der Waals surface area (Å²) in [7, 11) is 1.63. The van der Waals surface area contributed by atoms with Gasteiger partial charge in [0.25, 0.3) is 5.91 Å². The molecule has 0 fully saturated rings. The summed E-state index contributed by atoms with van der Waals surface area (Å²) in [6.45, 7) is 4.06. The van der Waals surface area contributed by atoms with E-state index in [9.17, 15) is 4.79 Å². The molecule has 0 radical (unpaired) electrons. The van der Waals surface area contributed by atoms with E-state index < -0.39 is 0 Å². The molecule has 31 heavy (non-hydrogen) atoms. The Kier molecular flexibility index (Phi) is 10.0. The molecular weight excluding hydrogens is 509 g/mol. The molecule has 1 amide bonds. The van der Waals surface area contributed by atoms with Crippen LogP contribution in [-0.2, 0) is 12.8 Å². The van der Waals surface area contributed by atoms with Crippen molar-refractivity contribution < 1.29 is 9.21 Å². The van der Waals surface area contributed by atoms with Crippen molar-refractivity contribution in [3.63, 3.8) is 0 Å². The minimum atomic E-state index is -0.0812. The topological polar surface area (TPSA) is 120 Å². The van der Waals surface area contributed by atoms with Crippen molar-refractivity contribution in [1.29, 1.82) is 0 Å². The van der Waals surface area contributed by atoms with Crippen LogP contribution in [0.5, 0.6) is 0 Å². The number of nitrogens with one attached hydrogen (secondary N) is 4. The Hall–Kier alpha value is -2.89. The van der Waals surface area contributed by atoms with Crippen molar-refractivity contribution in [2.24, 2.45) is 4.99 Å². The van der Waals surface area contributed by atoms with Gasteiger partial charge in [-0.1, -0.05) is 12.1 Å². The Morgan fingerprint density at radius 2 is 2.06 bits per heavy atom. The van der Waals surface area contributed by atoms with Crippen LogP contribution in [0.2, 0.25) is 0 Å². The fourth-order valence-corrected chi connectivity index (χ4v) is 2.88. The summed E-state index contributed by atoms with van der Waals surface area (Å²) < 4.78 is 5.30. The number of hydrogen-bond acceptors (Lipinski definition) is 5. The summed E-state index contributed by atoms with van der Waals surface area (Å²) in [5.74, 6) is 2.60. The van der Waals surface area contributed by atoms with Crippen LogP contribution in [0.4, 0.5) is 0 Å². The second-order valence-corrected chi connectivity index (χ2v) is 6.55. The van der Waals surface area contributed by atoms with Crippen molar-refractivity contribution in [3.8, 4) is 11.6 Å². The molecule has 0 bridgehead atoms. The standard InChI is InChI=1S/C21H27N7O2.HI/c1-3-23-21(24-11-9-15-6-4-7-16(14-15)20(29)22-2)25-12-10-18-26-19(28-27-18)17-8-5-13-30-17;/h4-8,13-14H,3,9-12H2,1-2H3,(H,22,29)(H2,23,24,25)(H,26,27,28);1H. The second kappa shape index (κ2) is 12.7. The lowest BCUT2D eigenvalue weighted by Gasteiger charge is -2.11. The van der Waals surface area contributed by atoms with E-state index in [1.54, 1.807) is 19.4 Å². The second-order valence-electron chi connectivity index (χ2n) is 6.55. The smallest absolute Gasteiger partial charge is 0.251 e. The van der Waals surface area contributed by atoms with Gasteiger partial charge in [0.1, 0.15) is 5.82 Å². The molecule has 0 saturated carbocycles. The van der Waals surface area contributed by atoms with Crippen molar-refractivity contribution in [3.05, 3.63) is 59.6 Å². The maximum atomic E-state index is 11.8. The molecular formula is C21H28IN7O2. The number of nitrogens with zero attached hydrogens (tertiary/aromatic N) is 3. The summed E-state index contributed by atoms with van der Waals surface area (Å²) in [4.78, 5) is 20.8. The molecule has 2 heterocycles. The first-order chi connectivity index (χ1) is 14.7. The lowest BCUT2D eigenvalue weighted by Crippen LogP contribution is -2.38. The number of aromatic nitrogens is 3. The van der Waals surface area contributed by atoms with Crippen LogP contribution in [0.25, 0.3) is 11.6 Å². The highest BCUT2D eigenvalue weighted by molar-refractivity contribution is 14.0. The van der Waals surface area contributed by atoms with Crippen LogP contribution in [-0.4, -0.2) is 53.7 Å². The molecule has 1 aromatic carbocycles. The van der Waals surface area contributed by atoms with Gasteiger partial charge in [-0.15, -0.1) is 24.0 Å². The minimum absolute atomic E-state index is 0. The monoisotopic (exact) mass is 537 g/mol. The lowest BCUT2D eigenvalue weighted by molar-refractivity contribution is 0.0963. The first-order valence-electron chi connectivity index (χ1n) is 9.98. The molecule has 0 saturated heterocycles. The Morgan fingerprint density at radius 1 is 1.19 bits per heavy atom. The quantitative estimate of drug-likeness (QED) is 0.189. The highest BCUT2D eigenvalue weighted by atomic mass is 127. The zero-order valence-corrected chi connectivity index (χ0v) is 20.0. The molecule has 4 N–H and O–H groups in total.